The molecule has 0 radical (unpaired) electrons. The van der Waals surface area contributed by atoms with Crippen molar-refractivity contribution in [3.63, 3.8) is 0 Å². The molecule has 0 aliphatic rings. The summed E-state index contributed by atoms with van der Waals surface area (Å²) in [5.74, 6) is 0.336. The largest absolute Gasteiger partial charge is 0.240 e. The summed E-state index contributed by atoms with van der Waals surface area (Å²) >= 11 is 4.35. The second kappa shape index (κ2) is 5.51. The van der Waals surface area contributed by atoms with Gasteiger partial charge in [-0.25, -0.2) is 9.07 Å². The Balaban J connectivity index is 2.07. The van der Waals surface area contributed by atoms with Crippen LogP contribution in [0.15, 0.2) is 60.8 Å². The molecule has 0 fully saturated rings. The molecule has 4 heteroatoms. The van der Waals surface area contributed by atoms with Gasteiger partial charge in [0, 0.05) is 23.1 Å². The van der Waals surface area contributed by atoms with Crippen LogP contribution in [0.5, 0.6) is 0 Å². The molecule has 2 nitrogen and oxygen atoms in total. The Hall–Kier alpha value is -2.07. The average Bonchev–Trinajstić information content (AvgIpc) is 2.93. The fourth-order valence-corrected chi connectivity index (χ4v) is 2.32. The number of halogens is 1. The minimum atomic E-state index is -0.247. The number of aromatic nitrogens is 2. The van der Waals surface area contributed by atoms with Gasteiger partial charge in [-0.1, -0.05) is 18.2 Å². The normalized spacial score (nSPS) is 10.7. The lowest BCUT2D eigenvalue weighted by Crippen LogP contribution is -1.94. The summed E-state index contributed by atoms with van der Waals surface area (Å²) in [6, 6.07) is 16.2. The first-order valence-electron chi connectivity index (χ1n) is 6.28. The van der Waals surface area contributed by atoms with Gasteiger partial charge in [-0.3, -0.25) is 0 Å². The fraction of sp³-hybridized carbons (Fsp3) is 0.0625. The fourth-order valence-electron chi connectivity index (χ4n) is 2.09. The van der Waals surface area contributed by atoms with Gasteiger partial charge in [0.1, 0.15) is 5.82 Å². The lowest BCUT2D eigenvalue weighted by Gasteiger charge is -2.00. The van der Waals surface area contributed by atoms with Gasteiger partial charge in [0.05, 0.1) is 11.4 Å². The minimum Gasteiger partial charge on any atom is -0.240 e. The monoisotopic (exact) mass is 284 g/mol. The minimum absolute atomic E-state index is 0.247. The molecule has 0 amide bonds. The summed E-state index contributed by atoms with van der Waals surface area (Å²) < 4.78 is 14.8. The van der Waals surface area contributed by atoms with Crippen LogP contribution in [0.1, 0.15) is 5.56 Å². The summed E-state index contributed by atoms with van der Waals surface area (Å²) in [6.45, 7) is 0. The third-order valence-electron chi connectivity index (χ3n) is 3.10. The highest BCUT2D eigenvalue weighted by atomic mass is 32.1. The average molecular weight is 284 g/mol. The topological polar surface area (TPSA) is 17.8 Å². The van der Waals surface area contributed by atoms with Crippen molar-refractivity contribution in [1.82, 2.24) is 9.78 Å². The summed E-state index contributed by atoms with van der Waals surface area (Å²) in [7, 11) is 0. The molecule has 0 aliphatic heterocycles. The van der Waals surface area contributed by atoms with E-state index in [1.165, 1.54) is 12.1 Å². The van der Waals surface area contributed by atoms with Crippen LogP contribution < -0.4 is 0 Å². The van der Waals surface area contributed by atoms with Crippen LogP contribution >= 0.6 is 12.6 Å². The van der Waals surface area contributed by atoms with Gasteiger partial charge in [-0.15, -0.1) is 0 Å². The summed E-state index contributed by atoms with van der Waals surface area (Å²) in [4.78, 5) is 0. The molecule has 0 unspecified atom stereocenters. The predicted octanol–water partition coefficient (Wildman–Crippen LogP) is 4.11. The first-order chi connectivity index (χ1) is 9.78. The molecule has 1 heterocycles. The zero-order chi connectivity index (χ0) is 13.9. The van der Waals surface area contributed by atoms with Crippen molar-refractivity contribution in [3.05, 3.63) is 72.2 Å². The standard InChI is InChI=1S/C16H13FN2S/c17-14-8-6-12(7-9-14)16-13(11-20)10-19(18-16)15-4-2-1-3-5-15/h1-10,20H,11H2. The van der Waals surface area contributed by atoms with Crippen molar-refractivity contribution < 1.29 is 4.39 Å². The highest BCUT2D eigenvalue weighted by Gasteiger charge is 2.11. The van der Waals surface area contributed by atoms with Crippen molar-refractivity contribution in [2.45, 2.75) is 5.75 Å². The van der Waals surface area contributed by atoms with Crippen LogP contribution in [0.4, 0.5) is 4.39 Å². The molecule has 0 spiro atoms. The van der Waals surface area contributed by atoms with Gasteiger partial charge in [0.15, 0.2) is 0 Å². The first-order valence-corrected chi connectivity index (χ1v) is 6.92. The van der Waals surface area contributed by atoms with Crippen LogP contribution in [0, 0.1) is 5.82 Å². The van der Waals surface area contributed by atoms with Gasteiger partial charge in [0.25, 0.3) is 0 Å². The van der Waals surface area contributed by atoms with Gasteiger partial charge < -0.3 is 0 Å². The Labute approximate surface area is 122 Å². The van der Waals surface area contributed by atoms with E-state index in [9.17, 15) is 4.39 Å². The Morgan fingerprint density at radius 3 is 2.35 bits per heavy atom. The second-order valence-corrected chi connectivity index (χ2v) is 4.76. The second-order valence-electron chi connectivity index (χ2n) is 4.45. The third-order valence-corrected chi connectivity index (χ3v) is 3.44. The van der Waals surface area contributed by atoms with E-state index < -0.39 is 0 Å². The van der Waals surface area contributed by atoms with E-state index in [4.69, 9.17) is 0 Å². The maximum atomic E-state index is 13.0. The summed E-state index contributed by atoms with van der Waals surface area (Å²) in [6.07, 6.45) is 1.96. The van der Waals surface area contributed by atoms with Crippen molar-refractivity contribution in [2.24, 2.45) is 0 Å². The highest BCUT2D eigenvalue weighted by Crippen LogP contribution is 2.25. The van der Waals surface area contributed by atoms with Crippen LogP contribution in [-0.4, -0.2) is 9.78 Å². The number of thiol groups is 1. The molecule has 0 saturated heterocycles. The maximum absolute atomic E-state index is 13.0. The van der Waals surface area contributed by atoms with E-state index in [1.54, 1.807) is 12.1 Å². The number of hydrogen-bond acceptors (Lipinski definition) is 2. The number of hydrogen-bond donors (Lipinski definition) is 1. The Bertz CT molecular complexity index is 705. The number of para-hydroxylation sites is 1. The number of nitrogens with zero attached hydrogens (tertiary/aromatic N) is 2. The van der Waals surface area contributed by atoms with E-state index in [2.05, 4.69) is 17.7 Å². The smallest absolute Gasteiger partial charge is 0.123 e. The van der Waals surface area contributed by atoms with Crippen molar-refractivity contribution in [3.8, 4) is 16.9 Å². The van der Waals surface area contributed by atoms with E-state index >= 15 is 0 Å². The molecule has 0 atom stereocenters. The number of benzene rings is 2. The molecule has 2 aromatic carbocycles. The number of rotatable bonds is 3. The molecule has 0 N–H and O–H groups in total. The molecule has 100 valence electrons. The predicted molar refractivity (Wildman–Crippen MR) is 81.6 cm³/mol. The van der Waals surface area contributed by atoms with Crippen molar-refractivity contribution >= 4 is 12.6 Å². The lowest BCUT2D eigenvalue weighted by molar-refractivity contribution is 0.628. The van der Waals surface area contributed by atoms with E-state index in [0.29, 0.717) is 5.75 Å². The SMILES string of the molecule is Fc1ccc(-c2nn(-c3ccccc3)cc2CS)cc1. The molecule has 20 heavy (non-hydrogen) atoms. The molecular weight excluding hydrogens is 271 g/mol. The van der Waals surface area contributed by atoms with Crippen LogP contribution in [0.25, 0.3) is 16.9 Å². The Kier molecular flexibility index (Phi) is 3.56. The maximum Gasteiger partial charge on any atom is 0.123 e. The molecule has 0 bridgehead atoms. The molecule has 1 aromatic heterocycles. The molecule has 3 aromatic rings. The van der Waals surface area contributed by atoms with Gasteiger partial charge in [0.2, 0.25) is 0 Å². The van der Waals surface area contributed by atoms with E-state index in [1.807, 2.05) is 41.2 Å². The highest BCUT2D eigenvalue weighted by molar-refractivity contribution is 7.79. The van der Waals surface area contributed by atoms with Crippen LogP contribution in [0.3, 0.4) is 0 Å². The zero-order valence-corrected chi connectivity index (χ0v) is 11.6. The summed E-state index contributed by atoms with van der Waals surface area (Å²) in [5.41, 5.74) is 3.74. The summed E-state index contributed by atoms with van der Waals surface area (Å²) in [5, 5.41) is 4.60. The zero-order valence-electron chi connectivity index (χ0n) is 10.7. The molecule has 0 saturated carbocycles. The molecule has 0 aliphatic carbocycles. The van der Waals surface area contributed by atoms with Gasteiger partial charge >= 0.3 is 0 Å². The lowest BCUT2D eigenvalue weighted by atomic mass is 10.1. The molecule has 3 rings (SSSR count). The first kappa shape index (κ1) is 12.9. The third kappa shape index (κ3) is 2.47. The van der Waals surface area contributed by atoms with Gasteiger partial charge in [-0.05, 0) is 36.4 Å². The van der Waals surface area contributed by atoms with Crippen molar-refractivity contribution in [2.75, 3.05) is 0 Å². The Morgan fingerprint density at radius 2 is 1.70 bits per heavy atom. The van der Waals surface area contributed by atoms with E-state index in [0.717, 1.165) is 22.5 Å². The van der Waals surface area contributed by atoms with Gasteiger partial charge in [-0.2, -0.15) is 17.7 Å². The Morgan fingerprint density at radius 1 is 1.00 bits per heavy atom. The van der Waals surface area contributed by atoms with Crippen LogP contribution in [0.2, 0.25) is 0 Å². The van der Waals surface area contributed by atoms with Crippen molar-refractivity contribution in [1.29, 1.82) is 0 Å². The quantitative estimate of drug-likeness (QED) is 0.717. The molecular formula is C16H13FN2S. The van der Waals surface area contributed by atoms with E-state index in [-0.39, 0.29) is 5.82 Å². The van der Waals surface area contributed by atoms with Crippen LogP contribution in [-0.2, 0) is 5.75 Å².